The van der Waals surface area contributed by atoms with Crippen LogP contribution in [-0.2, 0) is 7.05 Å². The molecule has 0 aliphatic carbocycles. The fraction of sp³-hybridized carbons (Fsp3) is 0.200. The Bertz CT molecular complexity index is 694. The van der Waals surface area contributed by atoms with Crippen LogP contribution in [0.1, 0.15) is 5.69 Å². The first-order valence-electron chi connectivity index (χ1n) is 5.12. The van der Waals surface area contributed by atoms with Gasteiger partial charge in [-0.2, -0.15) is 14.8 Å². The van der Waals surface area contributed by atoms with Crippen molar-refractivity contribution in [1.29, 1.82) is 0 Å². The first-order valence-corrected chi connectivity index (χ1v) is 5.12. The third kappa shape index (κ3) is 1.36. The molecule has 2 N–H and O–H groups in total. The van der Waals surface area contributed by atoms with E-state index in [-0.39, 0.29) is 0 Å². The molecule has 3 aromatic rings. The molecule has 7 heteroatoms. The van der Waals surface area contributed by atoms with E-state index in [1.165, 1.54) is 0 Å². The predicted octanol–water partition coefficient (Wildman–Crippen LogP) is 0.440. The van der Waals surface area contributed by atoms with Gasteiger partial charge in [0.1, 0.15) is 17.4 Å². The van der Waals surface area contributed by atoms with Crippen LogP contribution in [-0.4, -0.2) is 29.5 Å². The third-order valence-electron chi connectivity index (χ3n) is 2.59. The number of hydrogen-bond acceptors (Lipinski definition) is 5. The molecule has 0 fully saturated rings. The van der Waals surface area contributed by atoms with Crippen LogP contribution in [0.5, 0.6) is 0 Å². The summed E-state index contributed by atoms with van der Waals surface area (Å²) in [4.78, 5) is 8.42. The molecule has 0 atom stereocenters. The molecular weight excluding hydrogens is 218 g/mol. The molecule has 3 aromatic heterocycles. The van der Waals surface area contributed by atoms with Gasteiger partial charge in [-0.1, -0.05) is 0 Å². The summed E-state index contributed by atoms with van der Waals surface area (Å²) in [6, 6.07) is 1.73. The molecule has 86 valence electrons. The zero-order valence-electron chi connectivity index (χ0n) is 9.49. The van der Waals surface area contributed by atoms with Crippen molar-refractivity contribution >= 4 is 16.7 Å². The van der Waals surface area contributed by atoms with Gasteiger partial charge in [0.25, 0.3) is 5.95 Å². The van der Waals surface area contributed by atoms with Gasteiger partial charge in [-0.15, -0.1) is 5.10 Å². The van der Waals surface area contributed by atoms with Gasteiger partial charge in [-0.05, 0) is 13.0 Å². The van der Waals surface area contributed by atoms with Crippen LogP contribution in [0.15, 0.2) is 18.6 Å². The summed E-state index contributed by atoms with van der Waals surface area (Å²) >= 11 is 0. The van der Waals surface area contributed by atoms with Crippen LogP contribution in [0.25, 0.3) is 17.0 Å². The van der Waals surface area contributed by atoms with Crippen LogP contribution in [0, 0.1) is 6.92 Å². The van der Waals surface area contributed by atoms with Crippen molar-refractivity contribution in [2.45, 2.75) is 6.92 Å². The van der Waals surface area contributed by atoms with Gasteiger partial charge < -0.3 is 5.73 Å². The maximum Gasteiger partial charge on any atom is 0.269 e. The van der Waals surface area contributed by atoms with Crippen molar-refractivity contribution in [3.8, 4) is 5.95 Å². The molecule has 0 saturated heterocycles. The zero-order valence-corrected chi connectivity index (χ0v) is 9.49. The molecule has 0 aromatic carbocycles. The highest BCUT2D eigenvalue weighted by atomic mass is 15.4. The minimum Gasteiger partial charge on any atom is -0.397 e. The fourth-order valence-corrected chi connectivity index (χ4v) is 1.73. The lowest BCUT2D eigenvalue weighted by Gasteiger charge is -1.95. The summed E-state index contributed by atoms with van der Waals surface area (Å²) in [6.45, 7) is 1.91. The van der Waals surface area contributed by atoms with Gasteiger partial charge in [0.15, 0.2) is 0 Å². The van der Waals surface area contributed by atoms with Crippen molar-refractivity contribution in [2.24, 2.45) is 7.05 Å². The van der Waals surface area contributed by atoms with E-state index >= 15 is 0 Å². The van der Waals surface area contributed by atoms with Gasteiger partial charge >= 0.3 is 0 Å². The number of nitrogen functional groups attached to an aromatic ring is 1. The minimum atomic E-state index is 0.516. The average Bonchev–Trinajstić information content (AvgIpc) is 2.85. The van der Waals surface area contributed by atoms with Crippen molar-refractivity contribution in [1.82, 2.24) is 29.5 Å². The number of hydrogen-bond donors (Lipinski definition) is 1. The van der Waals surface area contributed by atoms with E-state index in [1.807, 2.05) is 14.0 Å². The standard InChI is InChI=1S/C10H11N7/c1-6-8-9(7(11)3-4-12-8)14-17(6)10-13-5-16(2)15-10/h3-5H,11H2,1-2H3. The van der Waals surface area contributed by atoms with E-state index in [9.17, 15) is 0 Å². The topological polar surface area (TPSA) is 87.4 Å². The van der Waals surface area contributed by atoms with Crippen molar-refractivity contribution < 1.29 is 0 Å². The number of aryl methyl sites for hydroxylation is 2. The second-order valence-corrected chi connectivity index (χ2v) is 3.81. The fourth-order valence-electron chi connectivity index (χ4n) is 1.73. The minimum absolute atomic E-state index is 0.516. The SMILES string of the molecule is Cc1c2nccc(N)c2nn1-c1ncn(C)n1. The van der Waals surface area contributed by atoms with Gasteiger partial charge in [-0.3, -0.25) is 9.67 Å². The second-order valence-electron chi connectivity index (χ2n) is 3.81. The lowest BCUT2D eigenvalue weighted by atomic mass is 10.3. The quantitative estimate of drug-likeness (QED) is 0.654. The Kier molecular flexibility index (Phi) is 1.88. The molecule has 0 bridgehead atoms. The normalized spacial score (nSPS) is 11.2. The van der Waals surface area contributed by atoms with Crippen molar-refractivity contribution in [3.05, 3.63) is 24.3 Å². The lowest BCUT2D eigenvalue weighted by Crippen LogP contribution is -2.02. The summed E-state index contributed by atoms with van der Waals surface area (Å²) in [5, 5.41) is 8.59. The van der Waals surface area contributed by atoms with Crippen molar-refractivity contribution in [3.63, 3.8) is 0 Å². The van der Waals surface area contributed by atoms with Crippen molar-refractivity contribution in [2.75, 3.05) is 5.73 Å². The van der Waals surface area contributed by atoms with E-state index in [0.29, 0.717) is 17.2 Å². The highest BCUT2D eigenvalue weighted by Crippen LogP contribution is 2.21. The summed E-state index contributed by atoms with van der Waals surface area (Å²) in [6.07, 6.45) is 3.29. The first-order chi connectivity index (χ1) is 8.16. The number of anilines is 1. The van der Waals surface area contributed by atoms with Gasteiger partial charge in [0, 0.05) is 13.2 Å². The zero-order chi connectivity index (χ0) is 12.0. The van der Waals surface area contributed by atoms with E-state index in [4.69, 9.17) is 5.73 Å². The van der Waals surface area contributed by atoms with Crippen LogP contribution >= 0.6 is 0 Å². The largest absolute Gasteiger partial charge is 0.397 e. The van der Waals surface area contributed by atoms with E-state index < -0.39 is 0 Å². The summed E-state index contributed by atoms with van der Waals surface area (Å²) < 4.78 is 3.27. The molecule has 0 saturated carbocycles. The summed E-state index contributed by atoms with van der Waals surface area (Å²) in [5.74, 6) is 0.516. The monoisotopic (exact) mass is 229 g/mol. The molecule has 17 heavy (non-hydrogen) atoms. The molecule has 0 spiro atoms. The Morgan fingerprint density at radius 2 is 2.00 bits per heavy atom. The summed E-state index contributed by atoms with van der Waals surface area (Å²) in [5.41, 5.74) is 8.79. The molecule has 0 unspecified atom stereocenters. The molecule has 7 nitrogen and oxygen atoms in total. The van der Waals surface area contributed by atoms with Gasteiger partial charge in [0.2, 0.25) is 0 Å². The lowest BCUT2D eigenvalue weighted by molar-refractivity contribution is 0.726. The Morgan fingerprint density at radius 3 is 2.65 bits per heavy atom. The number of nitrogens with zero attached hydrogens (tertiary/aromatic N) is 6. The Balaban J connectivity index is 2.31. The highest BCUT2D eigenvalue weighted by Gasteiger charge is 2.14. The number of pyridine rings is 1. The number of rotatable bonds is 1. The molecule has 0 aliphatic rings. The third-order valence-corrected chi connectivity index (χ3v) is 2.59. The Labute approximate surface area is 96.9 Å². The maximum atomic E-state index is 5.86. The maximum absolute atomic E-state index is 5.86. The second kappa shape index (κ2) is 3.27. The molecular formula is C10H11N7. The number of nitrogens with two attached hydrogens (primary N) is 1. The van der Waals surface area contributed by atoms with Crippen LogP contribution in [0.4, 0.5) is 5.69 Å². The van der Waals surface area contributed by atoms with E-state index in [1.54, 1.807) is 28.0 Å². The Hall–Kier alpha value is -2.44. The van der Waals surface area contributed by atoms with Crippen LogP contribution in [0.2, 0.25) is 0 Å². The molecule has 0 amide bonds. The number of fused-ring (bicyclic) bond motifs is 1. The van der Waals surface area contributed by atoms with Crippen LogP contribution in [0.3, 0.4) is 0 Å². The first kappa shape index (κ1) is 9.76. The van der Waals surface area contributed by atoms with E-state index in [0.717, 1.165) is 11.2 Å². The predicted molar refractivity (Wildman–Crippen MR) is 62.6 cm³/mol. The Morgan fingerprint density at radius 1 is 1.18 bits per heavy atom. The smallest absolute Gasteiger partial charge is 0.269 e. The average molecular weight is 229 g/mol. The molecule has 3 heterocycles. The molecule has 0 radical (unpaired) electrons. The highest BCUT2D eigenvalue weighted by molar-refractivity contribution is 5.87. The number of aromatic nitrogens is 6. The van der Waals surface area contributed by atoms with E-state index in [2.05, 4.69) is 20.2 Å². The van der Waals surface area contributed by atoms with Gasteiger partial charge in [0.05, 0.1) is 11.4 Å². The molecule has 0 aliphatic heterocycles. The van der Waals surface area contributed by atoms with Crippen LogP contribution < -0.4 is 5.73 Å². The van der Waals surface area contributed by atoms with Gasteiger partial charge in [-0.25, -0.2) is 0 Å². The summed E-state index contributed by atoms with van der Waals surface area (Å²) in [7, 11) is 1.81. The molecule has 3 rings (SSSR count).